The molecule has 68 valence electrons. The van der Waals surface area contributed by atoms with E-state index < -0.39 is 18.0 Å². The van der Waals surface area contributed by atoms with Crippen molar-refractivity contribution in [3.63, 3.8) is 0 Å². The summed E-state index contributed by atoms with van der Waals surface area (Å²) in [6, 6.07) is 0. The van der Waals surface area contributed by atoms with Gasteiger partial charge in [0.1, 0.15) is 0 Å². The van der Waals surface area contributed by atoms with Gasteiger partial charge in [0.05, 0.1) is 13.0 Å². The van der Waals surface area contributed by atoms with Gasteiger partial charge in [-0.15, -0.1) is 0 Å². The van der Waals surface area contributed by atoms with Crippen molar-refractivity contribution in [2.24, 2.45) is 5.92 Å². The standard InChI is InChI=1S/C8H12O4/c1-4-5-6(2)7(9)12-8(10)11-3/h4-6H,1-3H3/b5-4+. The second-order valence-electron chi connectivity index (χ2n) is 2.19. The lowest BCUT2D eigenvalue weighted by Gasteiger charge is -2.03. The fourth-order valence-corrected chi connectivity index (χ4v) is 0.584. The number of hydrogen-bond acceptors (Lipinski definition) is 4. The Bertz CT molecular complexity index is 195. The summed E-state index contributed by atoms with van der Waals surface area (Å²) in [5, 5.41) is 0. The SMILES string of the molecule is C/C=C/C(C)C(=O)OC(=O)OC. The lowest BCUT2D eigenvalue weighted by molar-refractivity contribution is -0.141. The van der Waals surface area contributed by atoms with Crippen LogP contribution in [0.2, 0.25) is 0 Å². The highest BCUT2D eigenvalue weighted by Crippen LogP contribution is 2.01. The topological polar surface area (TPSA) is 52.6 Å². The molecular formula is C8H12O4. The summed E-state index contributed by atoms with van der Waals surface area (Å²) in [6.07, 6.45) is 2.37. The Balaban J connectivity index is 3.95. The molecule has 1 unspecified atom stereocenters. The van der Waals surface area contributed by atoms with Gasteiger partial charge in [-0.3, -0.25) is 4.79 Å². The number of hydrogen-bond donors (Lipinski definition) is 0. The molecule has 0 amide bonds. The molecule has 0 aliphatic rings. The highest BCUT2D eigenvalue weighted by atomic mass is 16.7. The summed E-state index contributed by atoms with van der Waals surface area (Å²) in [5.74, 6) is -1.03. The van der Waals surface area contributed by atoms with Crippen LogP contribution in [0.5, 0.6) is 0 Å². The van der Waals surface area contributed by atoms with Crippen LogP contribution in [0.25, 0.3) is 0 Å². The number of carbonyl (C=O) groups excluding carboxylic acids is 2. The first-order chi connectivity index (χ1) is 5.61. The number of carbonyl (C=O) groups is 2. The van der Waals surface area contributed by atoms with Crippen LogP contribution >= 0.6 is 0 Å². The Morgan fingerprint density at radius 1 is 1.42 bits per heavy atom. The van der Waals surface area contributed by atoms with E-state index in [1.807, 2.05) is 0 Å². The Morgan fingerprint density at radius 3 is 2.42 bits per heavy atom. The van der Waals surface area contributed by atoms with E-state index >= 15 is 0 Å². The van der Waals surface area contributed by atoms with Crippen LogP contribution in [-0.4, -0.2) is 19.2 Å². The molecule has 12 heavy (non-hydrogen) atoms. The Hall–Kier alpha value is -1.32. The van der Waals surface area contributed by atoms with Crippen LogP contribution in [0.15, 0.2) is 12.2 Å². The Labute approximate surface area is 71.2 Å². The molecule has 0 aliphatic heterocycles. The predicted octanol–water partition coefficient (Wildman–Crippen LogP) is 1.51. The number of ether oxygens (including phenoxy) is 2. The van der Waals surface area contributed by atoms with Crippen molar-refractivity contribution in [3.8, 4) is 0 Å². The van der Waals surface area contributed by atoms with E-state index in [1.54, 1.807) is 26.0 Å². The maximum atomic E-state index is 10.9. The second kappa shape index (κ2) is 5.35. The number of allylic oxidation sites excluding steroid dienone is 1. The van der Waals surface area contributed by atoms with Gasteiger partial charge < -0.3 is 9.47 Å². The molecule has 0 heterocycles. The van der Waals surface area contributed by atoms with Crippen LogP contribution in [0.1, 0.15) is 13.8 Å². The van der Waals surface area contributed by atoms with Crippen LogP contribution < -0.4 is 0 Å². The minimum absolute atomic E-state index is 0.422. The van der Waals surface area contributed by atoms with Crippen molar-refractivity contribution in [2.45, 2.75) is 13.8 Å². The average Bonchev–Trinajstić information content (AvgIpc) is 2.04. The molecule has 0 radical (unpaired) electrons. The molecule has 0 aliphatic carbocycles. The van der Waals surface area contributed by atoms with Crippen LogP contribution in [0.3, 0.4) is 0 Å². The lowest BCUT2D eigenvalue weighted by Crippen LogP contribution is -2.17. The fourth-order valence-electron chi connectivity index (χ4n) is 0.584. The molecule has 0 aromatic rings. The van der Waals surface area contributed by atoms with Gasteiger partial charge in [0.25, 0.3) is 0 Å². The first-order valence-electron chi connectivity index (χ1n) is 3.54. The monoisotopic (exact) mass is 172 g/mol. The summed E-state index contributed by atoms with van der Waals surface area (Å²) in [6.45, 7) is 3.41. The molecule has 4 heteroatoms. The molecular weight excluding hydrogens is 160 g/mol. The molecule has 0 N–H and O–H groups in total. The van der Waals surface area contributed by atoms with E-state index in [4.69, 9.17) is 0 Å². The summed E-state index contributed by atoms with van der Waals surface area (Å²) >= 11 is 0. The zero-order valence-corrected chi connectivity index (χ0v) is 7.37. The lowest BCUT2D eigenvalue weighted by atomic mass is 10.2. The van der Waals surface area contributed by atoms with Gasteiger partial charge in [-0.05, 0) is 13.8 Å². The second-order valence-corrected chi connectivity index (χ2v) is 2.19. The fraction of sp³-hybridized carbons (Fsp3) is 0.500. The highest BCUT2D eigenvalue weighted by molar-refractivity contribution is 5.84. The summed E-state index contributed by atoms with van der Waals surface area (Å²) < 4.78 is 8.41. The van der Waals surface area contributed by atoms with Crippen molar-refractivity contribution >= 4 is 12.1 Å². The zero-order chi connectivity index (χ0) is 9.56. The molecule has 0 aromatic heterocycles. The average molecular weight is 172 g/mol. The smallest absolute Gasteiger partial charge is 0.437 e. The molecule has 0 fully saturated rings. The summed E-state index contributed by atoms with van der Waals surface area (Å²) in [5.41, 5.74) is 0. The largest absolute Gasteiger partial charge is 0.515 e. The van der Waals surface area contributed by atoms with E-state index in [1.165, 1.54) is 0 Å². The third kappa shape index (κ3) is 3.75. The van der Waals surface area contributed by atoms with Gasteiger partial charge in [0.2, 0.25) is 0 Å². The number of methoxy groups -OCH3 is 1. The Kier molecular flexibility index (Phi) is 4.76. The van der Waals surface area contributed by atoms with Crippen molar-refractivity contribution in [3.05, 3.63) is 12.2 Å². The first-order valence-corrected chi connectivity index (χ1v) is 3.54. The quantitative estimate of drug-likeness (QED) is 0.360. The number of rotatable bonds is 2. The Morgan fingerprint density at radius 2 is 2.00 bits per heavy atom. The molecule has 0 bridgehead atoms. The third-order valence-corrected chi connectivity index (χ3v) is 1.20. The molecule has 0 rings (SSSR count). The van der Waals surface area contributed by atoms with Crippen molar-refractivity contribution in [1.82, 2.24) is 0 Å². The molecule has 1 atom stereocenters. The molecule has 0 aromatic carbocycles. The maximum absolute atomic E-state index is 10.9. The van der Waals surface area contributed by atoms with Crippen molar-refractivity contribution in [2.75, 3.05) is 7.11 Å². The van der Waals surface area contributed by atoms with Gasteiger partial charge in [0.15, 0.2) is 0 Å². The van der Waals surface area contributed by atoms with E-state index in [9.17, 15) is 9.59 Å². The van der Waals surface area contributed by atoms with Crippen molar-refractivity contribution < 1.29 is 19.1 Å². The molecule has 0 saturated heterocycles. The van der Waals surface area contributed by atoms with Crippen molar-refractivity contribution in [1.29, 1.82) is 0 Å². The minimum Gasteiger partial charge on any atom is -0.437 e. The normalized spacial score (nSPS) is 12.6. The predicted molar refractivity (Wildman–Crippen MR) is 42.5 cm³/mol. The van der Waals surface area contributed by atoms with Crippen LogP contribution in [0, 0.1) is 5.92 Å². The van der Waals surface area contributed by atoms with Gasteiger partial charge in [-0.25, -0.2) is 4.79 Å². The summed E-state index contributed by atoms with van der Waals surface area (Å²) in [4.78, 5) is 21.4. The molecule has 0 saturated carbocycles. The zero-order valence-electron chi connectivity index (χ0n) is 7.37. The van der Waals surface area contributed by atoms with Gasteiger partial charge in [0, 0.05) is 0 Å². The molecule has 0 spiro atoms. The van der Waals surface area contributed by atoms with Gasteiger partial charge in [-0.2, -0.15) is 0 Å². The number of esters is 1. The highest BCUT2D eigenvalue weighted by Gasteiger charge is 2.15. The van der Waals surface area contributed by atoms with E-state index in [0.717, 1.165) is 7.11 Å². The summed E-state index contributed by atoms with van der Waals surface area (Å²) in [7, 11) is 1.15. The minimum atomic E-state index is -0.976. The van der Waals surface area contributed by atoms with Gasteiger partial charge >= 0.3 is 12.1 Å². The third-order valence-electron chi connectivity index (χ3n) is 1.20. The van der Waals surface area contributed by atoms with Gasteiger partial charge in [-0.1, -0.05) is 12.2 Å². The molecule has 4 nitrogen and oxygen atoms in total. The van der Waals surface area contributed by atoms with Crippen LogP contribution in [0.4, 0.5) is 4.79 Å². The van der Waals surface area contributed by atoms with E-state index in [2.05, 4.69) is 9.47 Å². The first kappa shape index (κ1) is 10.7. The van der Waals surface area contributed by atoms with E-state index in [0.29, 0.717) is 0 Å². The van der Waals surface area contributed by atoms with E-state index in [-0.39, 0.29) is 0 Å². The maximum Gasteiger partial charge on any atom is 0.515 e. The van der Waals surface area contributed by atoms with Crippen LogP contribution in [-0.2, 0) is 14.3 Å².